The number of halogens is 1. The summed E-state index contributed by atoms with van der Waals surface area (Å²) in [4.78, 5) is 2.25. The van der Waals surface area contributed by atoms with Gasteiger partial charge in [-0.2, -0.15) is 0 Å². The maximum atomic E-state index is 12.7. The molecule has 0 bridgehead atoms. The van der Waals surface area contributed by atoms with E-state index < -0.39 is 0 Å². The molecule has 1 aromatic carbocycles. The van der Waals surface area contributed by atoms with E-state index in [2.05, 4.69) is 11.5 Å². The van der Waals surface area contributed by atoms with Gasteiger partial charge in [0.25, 0.3) is 0 Å². The van der Waals surface area contributed by atoms with Crippen LogP contribution >= 0.6 is 0 Å². The van der Waals surface area contributed by atoms with Gasteiger partial charge in [-0.3, -0.25) is 0 Å². The Morgan fingerprint density at radius 2 is 2.07 bits per heavy atom. The van der Waals surface area contributed by atoms with E-state index in [1.807, 2.05) is 19.1 Å². The van der Waals surface area contributed by atoms with Gasteiger partial charge in [0.15, 0.2) is 0 Å². The molecule has 1 aliphatic rings. The van der Waals surface area contributed by atoms with E-state index in [1.54, 1.807) is 0 Å². The number of nitrogens with zero attached hydrogens (tertiary/aromatic N) is 1. The van der Waals surface area contributed by atoms with Crippen molar-refractivity contribution < 1.29 is 4.39 Å². The zero-order valence-corrected chi connectivity index (χ0v) is 8.33. The zero-order chi connectivity index (χ0) is 10.1. The molecule has 2 heteroatoms. The van der Waals surface area contributed by atoms with Crippen LogP contribution in [0.2, 0.25) is 0 Å². The van der Waals surface area contributed by atoms with Crippen LogP contribution in [0.15, 0.2) is 36.4 Å². The van der Waals surface area contributed by atoms with Crippen molar-refractivity contribution in [2.75, 3.05) is 11.4 Å². The monoisotopic (exact) mass is 191 g/mol. The van der Waals surface area contributed by atoms with E-state index in [1.165, 1.54) is 17.7 Å². The largest absolute Gasteiger partial charge is 0.365 e. The topological polar surface area (TPSA) is 3.24 Å². The molecule has 1 nitrogen and oxygen atoms in total. The molecule has 0 amide bonds. The van der Waals surface area contributed by atoms with Gasteiger partial charge in [0, 0.05) is 12.2 Å². The Morgan fingerprint density at radius 3 is 2.50 bits per heavy atom. The highest BCUT2D eigenvalue weighted by atomic mass is 19.1. The van der Waals surface area contributed by atoms with Crippen molar-refractivity contribution in [3.05, 3.63) is 42.2 Å². The Kier molecular flexibility index (Phi) is 2.28. The molecule has 0 aromatic heterocycles. The van der Waals surface area contributed by atoms with Crippen molar-refractivity contribution in [2.24, 2.45) is 0 Å². The van der Waals surface area contributed by atoms with Crippen molar-refractivity contribution in [3.8, 4) is 0 Å². The van der Waals surface area contributed by atoms with E-state index >= 15 is 0 Å². The molecule has 1 fully saturated rings. The lowest BCUT2D eigenvalue weighted by molar-refractivity contribution is 0.501. The summed E-state index contributed by atoms with van der Waals surface area (Å²) < 4.78 is 12.7. The first-order valence-corrected chi connectivity index (χ1v) is 4.86. The molecule has 14 heavy (non-hydrogen) atoms. The lowest BCUT2D eigenvalue weighted by Gasteiger charge is -2.43. The normalized spacial score (nSPS) is 20.4. The molecule has 2 rings (SSSR count). The van der Waals surface area contributed by atoms with E-state index in [-0.39, 0.29) is 5.82 Å². The summed E-state index contributed by atoms with van der Waals surface area (Å²) in [5, 5.41) is 0. The number of benzene rings is 1. The highest BCUT2D eigenvalue weighted by molar-refractivity contribution is 5.51. The average molecular weight is 191 g/mol. The van der Waals surface area contributed by atoms with Crippen molar-refractivity contribution >= 4 is 5.69 Å². The molecule has 1 atom stereocenters. The predicted octanol–water partition coefficient (Wildman–Crippen LogP) is 2.98. The fourth-order valence-corrected chi connectivity index (χ4v) is 1.84. The first-order valence-electron chi connectivity index (χ1n) is 4.86. The summed E-state index contributed by atoms with van der Waals surface area (Å²) in [6.07, 6.45) is 1.16. The second-order valence-corrected chi connectivity index (χ2v) is 3.82. The lowest BCUT2D eigenvalue weighted by atomic mass is 9.96. The minimum atomic E-state index is -0.179. The summed E-state index contributed by atoms with van der Waals surface area (Å²) in [6.45, 7) is 7.04. The van der Waals surface area contributed by atoms with E-state index in [0.717, 1.165) is 18.7 Å². The fraction of sp³-hybridized carbons (Fsp3) is 0.333. The molecule has 0 aliphatic carbocycles. The van der Waals surface area contributed by atoms with Gasteiger partial charge >= 0.3 is 0 Å². The van der Waals surface area contributed by atoms with Gasteiger partial charge in [-0.25, -0.2) is 4.39 Å². The third-order valence-electron chi connectivity index (χ3n) is 2.75. The second kappa shape index (κ2) is 3.45. The predicted molar refractivity (Wildman–Crippen MR) is 57.0 cm³/mol. The minimum Gasteiger partial charge on any atom is -0.365 e. The van der Waals surface area contributed by atoms with Gasteiger partial charge in [0.05, 0.1) is 6.04 Å². The quantitative estimate of drug-likeness (QED) is 0.649. The van der Waals surface area contributed by atoms with Gasteiger partial charge in [0.2, 0.25) is 0 Å². The maximum absolute atomic E-state index is 12.7. The van der Waals surface area contributed by atoms with Gasteiger partial charge in [-0.15, -0.1) is 0 Å². The van der Waals surface area contributed by atoms with Crippen molar-refractivity contribution in [1.82, 2.24) is 0 Å². The SMILES string of the molecule is C=C(C)C1CCN1c1ccc(F)cc1. The van der Waals surface area contributed by atoms with Crippen LogP contribution in [-0.4, -0.2) is 12.6 Å². The van der Waals surface area contributed by atoms with Gasteiger partial charge in [-0.05, 0) is 37.6 Å². The van der Waals surface area contributed by atoms with Crippen molar-refractivity contribution in [3.63, 3.8) is 0 Å². The molecule has 1 aliphatic heterocycles. The Balaban J connectivity index is 2.16. The molecular formula is C12H14FN. The van der Waals surface area contributed by atoms with Gasteiger partial charge in [-0.1, -0.05) is 12.2 Å². The van der Waals surface area contributed by atoms with Crippen molar-refractivity contribution in [1.29, 1.82) is 0 Å². The first-order chi connectivity index (χ1) is 6.68. The lowest BCUT2D eigenvalue weighted by Crippen LogP contribution is -2.48. The van der Waals surface area contributed by atoms with E-state index in [4.69, 9.17) is 0 Å². The van der Waals surface area contributed by atoms with Crippen molar-refractivity contribution in [2.45, 2.75) is 19.4 Å². The second-order valence-electron chi connectivity index (χ2n) is 3.82. The maximum Gasteiger partial charge on any atom is 0.123 e. The van der Waals surface area contributed by atoms with Gasteiger partial charge < -0.3 is 4.90 Å². The zero-order valence-electron chi connectivity index (χ0n) is 8.33. The molecule has 0 spiro atoms. The summed E-state index contributed by atoms with van der Waals surface area (Å²) in [5.41, 5.74) is 2.27. The van der Waals surface area contributed by atoms with Crippen LogP contribution < -0.4 is 4.90 Å². The number of anilines is 1. The molecule has 1 heterocycles. The summed E-state index contributed by atoms with van der Waals surface area (Å²) in [6, 6.07) is 7.10. The molecular weight excluding hydrogens is 177 g/mol. The Hall–Kier alpha value is -1.31. The van der Waals surface area contributed by atoms with Crippen LogP contribution in [-0.2, 0) is 0 Å². The Morgan fingerprint density at radius 1 is 1.43 bits per heavy atom. The molecule has 0 N–H and O–H groups in total. The standard InChI is InChI=1S/C12H14FN/c1-9(2)12-7-8-14(12)11-5-3-10(13)4-6-11/h3-6,12H,1,7-8H2,2H3. The molecule has 1 aromatic rings. The number of rotatable bonds is 2. The molecule has 74 valence electrons. The third kappa shape index (κ3) is 1.52. The van der Waals surface area contributed by atoms with Crippen LogP contribution in [0.4, 0.5) is 10.1 Å². The number of hydrogen-bond acceptors (Lipinski definition) is 1. The molecule has 1 unspecified atom stereocenters. The van der Waals surface area contributed by atoms with Crippen LogP contribution in [0.1, 0.15) is 13.3 Å². The number of hydrogen-bond donors (Lipinski definition) is 0. The Labute approximate surface area is 83.9 Å². The molecule has 0 saturated carbocycles. The van der Waals surface area contributed by atoms with E-state index in [0.29, 0.717) is 6.04 Å². The Bertz CT molecular complexity index is 342. The summed E-state index contributed by atoms with van der Waals surface area (Å²) >= 11 is 0. The summed E-state index contributed by atoms with van der Waals surface area (Å²) in [7, 11) is 0. The van der Waals surface area contributed by atoms with Crippen LogP contribution in [0.3, 0.4) is 0 Å². The highest BCUT2D eigenvalue weighted by Gasteiger charge is 2.28. The fourth-order valence-electron chi connectivity index (χ4n) is 1.84. The van der Waals surface area contributed by atoms with Crippen LogP contribution in [0.5, 0.6) is 0 Å². The molecule has 1 saturated heterocycles. The van der Waals surface area contributed by atoms with E-state index in [9.17, 15) is 4.39 Å². The highest BCUT2D eigenvalue weighted by Crippen LogP contribution is 2.29. The minimum absolute atomic E-state index is 0.179. The third-order valence-corrected chi connectivity index (χ3v) is 2.75. The smallest absolute Gasteiger partial charge is 0.123 e. The van der Waals surface area contributed by atoms with Crippen LogP contribution in [0.25, 0.3) is 0 Å². The van der Waals surface area contributed by atoms with Crippen LogP contribution in [0, 0.1) is 5.82 Å². The van der Waals surface area contributed by atoms with Gasteiger partial charge in [0.1, 0.15) is 5.82 Å². The average Bonchev–Trinajstić information content (AvgIpc) is 2.05. The molecule has 0 radical (unpaired) electrons. The first kappa shape index (κ1) is 9.25. The summed E-state index contributed by atoms with van der Waals surface area (Å²) in [5.74, 6) is -0.179.